The third kappa shape index (κ3) is 4.57. The highest BCUT2D eigenvalue weighted by Crippen LogP contribution is 2.15. The third-order valence-corrected chi connectivity index (χ3v) is 3.31. The van der Waals surface area contributed by atoms with Crippen molar-refractivity contribution in [3.8, 4) is 5.75 Å². The molecule has 122 valence electrons. The lowest BCUT2D eigenvalue weighted by atomic mass is 10.1. The summed E-state index contributed by atoms with van der Waals surface area (Å²) >= 11 is 0. The first-order valence-electron chi connectivity index (χ1n) is 7.04. The number of hydrogen-bond acceptors (Lipinski definition) is 5. The second-order valence-corrected chi connectivity index (χ2v) is 4.96. The van der Waals surface area contributed by atoms with Gasteiger partial charge in [-0.1, -0.05) is 12.1 Å². The second kappa shape index (κ2) is 7.44. The van der Waals surface area contributed by atoms with Crippen LogP contribution >= 0.6 is 0 Å². The standard InChI is InChI=1S/C16H18N2O5/c1-18-12(9-14(17-18)16(21)22-2)10-23-13-6-3-11(4-7-13)5-8-15(19)20/h3-4,6-7,9H,5,8,10H2,1-2H3,(H,19,20). The van der Waals surface area contributed by atoms with E-state index in [1.165, 1.54) is 7.11 Å². The highest BCUT2D eigenvalue weighted by atomic mass is 16.5. The van der Waals surface area contributed by atoms with Crippen LogP contribution < -0.4 is 4.74 Å². The van der Waals surface area contributed by atoms with Crippen LogP contribution in [0.25, 0.3) is 0 Å². The number of nitrogens with zero attached hydrogens (tertiary/aromatic N) is 2. The third-order valence-electron chi connectivity index (χ3n) is 3.31. The van der Waals surface area contributed by atoms with E-state index in [0.717, 1.165) is 11.3 Å². The molecule has 0 unspecified atom stereocenters. The number of aliphatic carboxylic acids is 1. The van der Waals surface area contributed by atoms with E-state index in [9.17, 15) is 9.59 Å². The van der Waals surface area contributed by atoms with Crippen molar-refractivity contribution in [3.63, 3.8) is 0 Å². The van der Waals surface area contributed by atoms with Gasteiger partial charge in [-0.25, -0.2) is 4.79 Å². The van der Waals surface area contributed by atoms with Crippen LogP contribution in [-0.2, 0) is 29.6 Å². The van der Waals surface area contributed by atoms with Gasteiger partial charge in [0.05, 0.1) is 12.8 Å². The minimum Gasteiger partial charge on any atom is -0.487 e. The van der Waals surface area contributed by atoms with Gasteiger partial charge in [0, 0.05) is 13.5 Å². The molecule has 7 nitrogen and oxygen atoms in total. The number of rotatable bonds is 7. The number of hydrogen-bond donors (Lipinski definition) is 1. The SMILES string of the molecule is COC(=O)c1cc(COc2ccc(CCC(=O)O)cc2)n(C)n1. The van der Waals surface area contributed by atoms with E-state index in [2.05, 4.69) is 9.84 Å². The lowest BCUT2D eigenvalue weighted by Crippen LogP contribution is -2.04. The fourth-order valence-electron chi connectivity index (χ4n) is 2.01. The van der Waals surface area contributed by atoms with E-state index < -0.39 is 11.9 Å². The number of carbonyl (C=O) groups excluding carboxylic acids is 1. The Balaban J connectivity index is 1.94. The molecule has 0 aliphatic rings. The number of carboxylic acids is 1. The molecule has 0 spiro atoms. The first-order valence-corrected chi connectivity index (χ1v) is 7.04. The Kier molecular flexibility index (Phi) is 5.35. The largest absolute Gasteiger partial charge is 0.487 e. The molecule has 0 saturated heterocycles. The number of aryl methyl sites for hydroxylation is 2. The quantitative estimate of drug-likeness (QED) is 0.783. The summed E-state index contributed by atoms with van der Waals surface area (Å²) in [5.41, 5.74) is 1.91. The Morgan fingerprint density at radius 1 is 1.26 bits per heavy atom. The summed E-state index contributed by atoms with van der Waals surface area (Å²) in [6, 6.07) is 8.86. The number of benzene rings is 1. The summed E-state index contributed by atoms with van der Waals surface area (Å²) in [5, 5.41) is 12.7. The molecule has 0 saturated carbocycles. The summed E-state index contributed by atoms with van der Waals surface area (Å²) in [7, 11) is 3.03. The van der Waals surface area contributed by atoms with E-state index in [1.54, 1.807) is 29.9 Å². The number of methoxy groups -OCH3 is 1. The van der Waals surface area contributed by atoms with Gasteiger partial charge in [-0.15, -0.1) is 0 Å². The number of esters is 1. The summed E-state index contributed by atoms with van der Waals surface area (Å²) in [6.07, 6.45) is 0.589. The molecule has 0 radical (unpaired) electrons. The van der Waals surface area contributed by atoms with Crippen LogP contribution in [0.4, 0.5) is 0 Å². The number of ether oxygens (including phenoxy) is 2. The average molecular weight is 318 g/mol. The van der Waals surface area contributed by atoms with Crippen molar-refractivity contribution < 1.29 is 24.2 Å². The van der Waals surface area contributed by atoms with Gasteiger partial charge in [-0.2, -0.15) is 5.10 Å². The zero-order valence-corrected chi connectivity index (χ0v) is 13.0. The number of carbonyl (C=O) groups is 2. The van der Waals surface area contributed by atoms with E-state index in [0.29, 0.717) is 12.2 Å². The predicted molar refractivity (Wildman–Crippen MR) is 81.3 cm³/mol. The van der Waals surface area contributed by atoms with Crippen LogP contribution in [-0.4, -0.2) is 33.9 Å². The average Bonchev–Trinajstić information content (AvgIpc) is 2.92. The normalized spacial score (nSPS) is 10.3. The van der Waals surface area contributed by atoms with Crippen LogP contribution in [0, 0.1) is 0 Å². The topological polar surface area (TPSA) is 90.6 Å². The molecule has 0 aliphatic heterocycles. The Morgan fingerprint density at radius 3 is 2.57 bits per heavy atom. The molecule has 0 aliphatic carbocycles. The Hall–Kier alpha value is -2.83. The number of aromatic nitrogens is 2. The van der Waals surface area contributed by atoms with E-state index in [-0.39, 0.29) is 18.7 Å². The maximum absolute atomic E-state index is 11.4. The highest BCUT2D eigenvalue weighted by Gasteiger charge is 2.13. The Bertz CT molecular complexity index is 691. The van der Waals surface area contributed by atoms with Gasteiger partial charge in [0.2, 0.25) is 0 Å². The lowest BCUT2D eigenvalue weighted by molar-refractivity contribution is -0.136. The fourth-order valence-corrected chi connectivity index (χ4v) is 2.01. The fraction of sp³-hybridized carbons (Fsp3) is 0.312. The molecule has 0 amide bonds. The molecule has 1 heterocycles. The smallest absolute Gasteiger partial charge is 0.358 e. The molecule has 7 heteroatoms. The van der Waals surface area contributed by atoms with Crippen molar-refractivity contribution in [2.75, 3.05) is 7.11 Å². The maximum atomic E-state index is 11.4. The minimum absolute atomic E-state index is 0.103. The maximum Gasteiger partial charge on any atom is 0.358 e. The van der Waals surface area contributed by atoms with Crippen molar-refractivity contribution in [3.05, 3.63) is 47.3 Å². The van der Waals surface area contributed by atoms with E-state index >= 15 is 0 Å². The van der Waals surface area contributed by atoms with Crippen LogP contribution in [0.3, 0.4) is 0 Å². The minimum atomic E-state index is -0.817. The summed E-state index contributed by atoms with van der Waals surface area (Å²) in [6.45, 7) is 0.259. The van der Waals surface area contributed by atoms with Crippen molar-refractivity contribution in [2.45, 2.75) is 19.4 Å². The highest BCUT2D eigenvalue weighted by molar-refractivity contribution is 5.87. The molecule has 23 heavy (non-hydrogen) atoms. The molecule has 1 aromatic heterocycles. The summed E-state index contributed by atoms with van der Waals surface area (Å²) < 4.78 is 11.8. The first kappa shape index (κ1) is 16.5. The molecule has 2 rings (SSSR count). The molecule has 2 aromatic rings. The van der Waals surface area contributed by atoms with Gasteiger partial charge in [-0.05, 0) is 30.2 Å². The van der Waals surface area contributed by atoms with E-state index in [1.807, 2.05) is 12.1 Å². The zero-order valence-electron chi connectivity index (χ0n) is 13.0. The van der Waals surface area contributed by atoms with Crippen molar-refractivity contribution in [1.29, 1.82) is 0 Å². The van der Waals surface area contributed by atoms with Crippen LogP contribution in [0.1, 0.15) is 28.2 Å². The Labute approximate surface area is 133 Å². The molecule has 1 N–H and O–H groups in total. The molecule has 0 bridgehead atoms. The van der Waals surface area contributed by atoms with Crippen molar-refractivity contribution in [1.82, 2.24) is 9.78 Å². The van der Waals surface area contributed by atoms with Crippen molar-refractivity contribution in [2.24, 2.45) is 7.05 Å². The monoisotopic (exact) mass is 318 g/mol. The van der Waals surface area contributed by atoms with Crippen LogP contribution in [0.2, 0.25) is 0 Å². The van der Waals surface area contributed by atoms with Gasteiger partial charge in [0.25, 0.3) is 0 Å². The second-order valence-electron chi connectivity index (χ2n) is 4.96. The van der Waals surface area contributed by atoms with Gasteiger partial charge < -0.3 is 14.6 Å². The Morgan fingerprint density at radius 2 is 1.96 bits per heavy atom. The van der Waals surface area contributed by atoms with Gasteiger partial charge in [0.1, 0.15) is 12.4 Å². The van der Waals surface area contributed by atoms with E-state index in [4.69, 9.17) is 9.84 Å². The zero-order chi connectivity index (χ0) is 16.8. The molecular weight excluding hydrogens is 300 g/mol. The van der Waals surface area contributed by atoms with Crippen molar-refractivity contribution >= 4 is 11.9 Å². The molecule has 1 aromatic carbocycles. The van der Waals surface area contributed by atoms with Gasteiger partial charge >= 0.3 is 11.9 Å². The van der Waals surface area contributed by atoms with Gasteiger partial charge in [0.15, 0.2) is 5.69 Å². The predicted octanol–water partition coefficient (Wildman–Crippen LogP) is 1.80. The lowest BCUT2D eigenvalue weighted by Gasteiger charge is -2.07. The van der Waals surface area contributed by atoms with Crippen LogP contribution in [0.15, 0.2) is 30.3 Å². The molecule has 0 fully saturated rings. The molecule has 0 atom stereocenters. The molecular formula is C16H18N2O5. The van der Waals surface area contributed by atoms with Gasteiger partial charge in [-0.3, -0.25) is 9.48 Å². The number of carboxylic acid groups (broad SMARTS) is 1. The summed E-state index contributed by atoms with van der Waals surface area (Å²) in [4.78, 5) is 22.0. The summed E-state index contributed by atoms with van der Waals surface area (Å²) in [5.74, 6) is -0.650. The first-order chi connectivity index (χ1) is 11.0. The van der Waals surface area contributed by atoms with Crippen LogP contribution in [0.5, 0.6) is 5.75 Å².